The predicted molar refractivity (Wildman–Crippen MR) is 147 cm³/mol. The molecule has 0 aromatic heterocycles. The Morgan fingerprint density at radius 1 is 0.556 bits per heavy atom. The minimum Gasteiger partial charge on any atom is -0.401 e. The van der Waals surface area contributed by atoms with Gasteiger partial charge < -0.3 is 9.74 Å². The molecule has 0 spiro atoms. The lowest BCUT2D eigenvalue weighted by molar-refractivity contribution is -0.144. The van der Waals surface area contributed by atoms with Crippen molar-refractivity contribution in [3.63, 3.8) is 0 Å². The fourth-order valence-corrected chi connectivity index (χ4v) is 12.4. The minimum absolute atomic E-state index is 0.0199. The molecule has 15 heteroatoms. The zero-order chi connectivity index (χ0) is 34.6. The molecule has 2 nitrogen and oxygen atoms in total. The monoisotopic (exact) mass is 681 g/mol. The second-order valence-corrected chi connectivity index (χ2v) is 17.8. The number of halogens is 12. The first-order valence-electron chi connectivity index (χ1n) is 14.3. The van der Waals surface area contributed by atoms with E-state index in [1.54, 1.807) is 41.5 Å². The molecule has 1 saturated heterocycles. The Hall–Kier alpha value is -2.26. The SMILES string of the molecule is CC(C)[Si](OC(c1cc(C(F)(F)F)cc(C(F)(F)F)c1)(c1cc(C(F)(F)F)cc(C(F)(F)F)c1)[C@@H]1CCCN1)(C(C)C)C(C)C. The number of benzene rings is 2. The van der Waals surface area contributed by atoms with Crippen molar-refractivity contribution in [1.82, 2.24) is 5.32 Å². The third-order valence-electron chi connectivity index (χ3n) is 8.63. The summed E-state index contributed by atoms with van der Waals surface area (Å²) in [6.07, 6.45) is -21.1. The Morgan fingerprint density at radius 3 is 1.07 bits per heavy atom. The van der Waals surface area contributed by atoms with Crippen LogP contribution in [-0.2, 0) is 34.7 Å². The predicted octanol–water partition coefficient (Wildman–Crippen LogP) is 10.9. The van der Waals surface area contributed by atoms with Crippen LogP contribution in [0.2, 0.25) is 16.6 Å². The smallest absolute Gasteiger partial charge is 0.401 e. The molecule has 254 valence electrons. The molecule has 1 N–H and O–H groups in total. The summed E-state index contributed by atoms with van der Waals surface area (Å²) < 4.78 is 177. The number of alkyl halides is 12. The van der Waals surface area contributed by atoms with E-state index < -0.39 is 94.7 Å². The quantitative estimate of drug-likeness (QED) is 0.221. The molecule has 1 fully saturated rings. The van der Waals surface area contributed by atoms with Gasteiger partial charge in [0.2, 0.25) is 8.32 Å². The van der Waals surface area contributed by atoms with Crippen molar-refractivity contribution >= 4 is 8.32 Å². The van der Waals surface area contributed by atoms with Crippen LogP contribution in [0.1, 0.15) is 87.8 Å². The number of hydrogen-bond donors (Lipinski definition) is 1. The van der Waals surface area contributed by atoms with Crippen molar-refractivity contribution in [2.45, 2.75) is 107 Å². The van der Waals surface area contributed by atoms with Crippen molar-refractivity contribution in [1.29, 1.82) is 0 Å². The fourth-order valence-electron chi connectivity index (χ4n) is 6.76. The summed E-state index contributed by atoms with van der Waals surface area (Å²) in [5.74, 6) is 0. The summed E-state index contributed by atoms with van der Waals surface area (Å²) in [6, 6.07) is -0.157. The Morgan fingerprint density at radius 2 is 0.844 bits per heavy atom. The molecule has 0 unspecified atom stereocenters. The normalized spacial score (nSPS) is 17.7. The summed E-state index contributed by atoms with van der Waals surface area (Å²) in [4.78, 5) is 0. The lowest BCUT2D eigenvalue weighted by Gasteiger charge is -2.52. The Balaban J connectivity index is 2.70. The number of rotatable bonds is 8. The average Bonchev–Trinajstić information content (AvgIpc) is 3.42. The van der Waals surface area contributed by atoms with Crippen molar-refractivity contribution in [3.05, 3.63) is 69.8 Å². The standard InChI is InChI=1S/C30H35F12NOSi/c1-16(2)45(17(3)4,18(5)6)44-26(25-8-7-9-43-25,19-10-21(27(31,32)33)14-22(11-19)28(34,35)36)20-12-23(29(37,38)39)15-24(13-20)30(40,41)42/h10-18,25,43H,7-9H2,1-6H3/t25-/m0/s1. The van der Waals surface area contributed by atoms with Crippen molar-refractivity contribution < 1.29 is 57.1 Å². The highest BCUT2D eigenvalue weighted by Crippen LogP contribution is 2.53. The van der Waals surface area contributed by atoms with Gasteiger partial charge in [0.15, 0.2) is 0 Å². The van der Waals surface area contributed by atoms with Crippen LogP contribution >= 0.6 is 0 Å². The summed E-state index contributed by atoms with van der Waals surface area (Å²) >= 11 is 0. The highest BCUT2D eigenvalue weighted by Gasteiger charge is 2.56. The van der Waals surface area contributed by atoms with Gasteiger partial charge in [-0.15, -0.1) is 0 Å². The molecule has 0 radical (unpaired) electrons. The zero-order valence-electron chi connectivity index (χ0n) is 25.3. The summed E-state index contributed by atoms with van der Waals surface area (Å²) in [7, 11) is -3.51. The Labute approximate surface area is 254 Å². The van der Waals surface area contributed by atoms with Crippen LogP contribution in [0, 0.1) is 0 Å². The van der Waals surface area contributed by atoms with Gasteiger partial charge in [-0.25, -0.2) is 0 Å². The van der Waals surface area contributed by atoms with Crippen molar-refractivity contribution in [2.24, 2.45) is 0 Å². The second-order valence-electron chi connectivity index (χ2n) is 12.4. The molecular weight excluding hydrogens is 646 g/mol. The topological polar surface area (TPSA) is 21.3 Å². The molecule has 45 heavy (non-hydrogen) atoms. The van der Waals surface area contributed by atoms with Crippen molar-refractivity contribution in [3.8, 4) is 0 Å². The van der Waals surface area contributed by atoms with Crippen LogP contribution in [0.3, 0.4) is 0 Å². The van der Waals surface area contributed by atoms with Gasteiger partial charge in [0, 0.05) is 6.04 Å². The van der Waals surface area contributed by atoms with E-state index in [0.717, 1.165) is 0 Å². The molecule has 0 amide bonds. The van der Waals surface area contributed by atoms with Gasteiger partial charge in [0.25, 0.3) is 0 Å². The van der Waals surface area contributed by atoms with Gasteiger partial charge in [-0.2, -0.15) is 52.7 Å². The Bertz CT molecular complexity index is 1170. The third kappa shape index (κ3) is 7.34. The molecular formula is C30H35F12NOSi. The molecule has 2 aromatic carbocycles. The van der Waals surface area contributed by atoms with E-state index in [0.29, 0.717) is 24.3 Å². The first-order chi connectivity index (χ1) is 20.3. The van der Waals surface area contributed by atoms with E-state index >= 15 is 0 Å². The summed E-state index contributed by atoms with van der Waals surface area (Å²) in [5.41, 5.74) is -12.6. The summed E-state index contributed by atoms with van der Waals surface area (Å²) in [6.45, 7) is 10.5. The Kier molecular flexibility index (Phi) is 10.3. The molecule has 1 aliphatic rings. The number of nitrogens with one attached hydrogen (secondary N) is 1. The molecule has 1 heterocycles. The maximum Gasteiger partial charge on any atom is 0.416 e. The second kappa shape index (κ2) is 12.4. The van der Waals surface area contributed by atoms with Gasteiger partial charge >= 0.3 is 24.7 Å². The molecule has 3 rings (SSSR count). The van der Waals surface area contributed by atoms with E-state index in [4.69, 9.17) is 4.43 Å². The average molecular weight is 682 g/mol. The molecule has 0 aliphatic carbocycles. The van der Waals surface area contributed by atoms with Crippen LogP contribution in [0.15, 0.2) is 36.4 Å². The van der Waals surface area contributed by atoms with Crippen LogP contribution in [0.4, 0.5) is 52.7 Å². The molecule has 1 aliphatic heterocycles. The van der Waals surface area contributed by atoms with E-state index in [-0.39, 0.29) is 31.5 Å². The summed E-state index contributed by atoms with van der Waals surface area (Å²) in [5, 5.41) is 2.94. The largest absolute Gasteiger partial charge is 0.416 e. The van der Waals surface area contributed by atoms with Gasteiger partial charge in [-0.05, 0) is 83.5 Å². The molecule has 1 atom stereocenters. The third-order valence-corrected chi connectivity index (χ3v) is 14.7. The van der Waals surface area contributed by atoms with E-state index in [9.17, 15) is 52.7 Å². The van der Waals surface area contributed by atoms with Crippen LogP contribution < -0.4 is 5.32 Å². The molecule has 2 aromatic rings. The van der Waals surface area contributed by atoms with Crippen molar-refractivity contribution in [2.75, 3.05) is 6.54 Å². The molecule has 0 bridgehead atoms. The van der Waals surface area contributed by atoms with Crippen LogP contribution in [0.5, 0.6) is 0 Å². The molecule has 0 saturated carbocycles. The zero-order valence-corrected chi connectivity index (χ0v) is 26.3. The highest BCUT2D eigenvalue weighted by molar-refractivity contribution is 6.77. The highest BCUT2D eigenvalue weighted by atomic mass is 28.4. The first kappa shape index (κ1) is 37.2. The lowest BCUT2D eigenvalue weighted by Crippen LogP contribution is -2.59. The van der Waals surface area contributed by atoms with Crippen LogP contribution in [-0.4, -0.2) is 20.9 Å². The van der Waals surface area contributed by atoms with Gasteiger partial charge in [-0.3, -0.25) is 0 Å². The minimum atomic E-state index is -5.35. The van der Waals surface area contributed by atoms with Crippen LogP contribution in [0.25, 0.3) is 0 Å². The fraction of sp³-hybridized carbons (Fsp3) is 0.600. The maximum atomic E-state index is 14.2. The number of hydrogen-bond acceptors (Lipinski definition) is 2. The maximum absolute atomic E-state index is 14.2. The van der Waals surface area contributed by atoms with E-state index in [1.165, 1.54) is 0 Å². The van der Waals surface area contributed by atoms with Gasteiger partial charge in [0.1, 0.15) is 5.60 Å². The van der Waals surface area contributed by atoms with Gasteiger partial charge in [0.05, 0.1) is 22.3 Å². The van der Waals surface area contributed by atoms with E-state index in [1.807, 2.05) is 0 Å². The lowest BCUT2D eigenvalue weighted by atomic mass is 9.77. The van der Waals surface area contributed by atoms with Gasteiger partial charge in [-0.1, -0.05) is 41.5 Å². The van der Waals surface area contributed by atoms with E-state index in [2.05, 4.69) is 5.32 Å². The first-order valence-corrected chi connectivity index (χ1v) is 16.4.